The van der Waals surface area contributed by atoms with E-state index < -0.39 is 23.7 Å². The molecule has 2 aromatic heterocycles. The molecule has 5 heterocycles. The Hall–Kier alpha value is -4.08. The smallest absolute Gasteiger partial charge is 0.391 e. The van der Waals surface area contributed by atoms with Crippen LogP contribution >= 0.6 is 0 Å². The number of piperazine rings is 1. The van der Waals surface area contributed by atoms with Gasteiger partial charge in [0.1, 0.15) is 22.8 Å². The van der Waals surface area contributed by atoms with Crippen molar-refractivity contribution in [3.05, 3.63) is 53.2 Å². The third kappa shape index (κ3) is 6.16. The molecule has 4 aliphatic rings. The summed E-state index contributed by atoms with van der Waals surface area (Å²) in [5.41, 5.74) is 0.994. The number of terminal acetylenes is 1. The standard InChI is InChI=1S/C39H41F5N6O/c1-4-25-19-50-30(18-45-25)22(3)17-29-32-35(33(41)34(46-29)27-8-6-7-23-9-10-28(40)26(5-2)31(23)27)47-37(48-36(32)50)51-21-38(13-14-38)20-49-15-11-24(12-16-49)39(42,43)44/h2,6-10,22,24-25,30,45H,4,11-21H2,1,3H3/t22-,25+,30+/m0/s1. The van der Waals surface area contributed by atoms with Gasteiger partial charge in [-0.05, 0) is 69.0 Å². The number of nitrogens with one attached hydrogen (secondary N) is 1. The predicted octanol–water partition coefficient (Wildman–Crippen LogP) is 7.29. The summed E-state index contributed by atoms with van der Waals surface area (Å²) in [4.78, 5) is 19.0. The number of hydrogen-bond acceptors (Lipinski definition) is 7. The van der Waals surface area contributed by atoms with Crippen molar-refractivity contribution in [3.8, 4) is 29.6 Å². The minimum Gasteiger partial charge on any atom is -0.463 e. The zero-order chi connectivity index (χ0) is 35.7. The number of pyridine rings is 1. The first kappa shape index (κ1) is 34.0. The second kappa shape index (κ2) is 12.8. The van der Waals surface area contributed by atoms with Crippen LogP contribution in [0.3, 0.4) is 0 Å². The summed E-state index contributed by atoms with van der Waals surface area (Å²) in [5.74, 6) is 0.696. The van der Waals surface area contributed by atoms with E-state index in [-0.39, 0.29) is 65.6 Å². The average Bonchev–Trinajstić information content (AvgIpc) is 3.91. The molecule has 0 radical (unpaired) electrons. The Bertz CT molecular complexity index is 2030. The van der Waals surface area contributed by atoms with Crippen LogP contribution < -0.4 is 15.0 Å². The average molecular weight is 705 g/mol. The van der Waals surface area contributed by atoms with Crippen molar-refractivity contribution in [1.29, 1.82) is 0 Å². The predicted molar refractivity (Wildman–Crippen MR) is 187 cm³/mol. The molecule has 0 unspecified atom stereocenters. The number of halogens is 5. The fourth-order valence-electron chi connectivity index (χ4n) is 8.43. The lowest BCUT2D eigenvalue weighted by molar-refractivity contribution is -0.185. The summed E-state index contributed by atoms with van der Waals surface area (Å²) in [6, 6.07) is 8.56. The van der Waals surface area contributed by atoms with Gasteiger partial charge in [-0.3, -0.25) is 0 Å². The molecule has 2 saturated heterocycles. The molecule has 3 fully saturated rings. The van der Waals surface area contributed by atoms with Gasteiger partial charge in [-0.25, -0.2) is 13.8 Å². The molecular formula is C39H41F5N6O. The number of anilines is 1. The van der Waals surface area contributed by atoms with Gasteiger partial charge in [-0.15, -0.1) is 6.42 Å². The highest BCUT2D eigenvalue weighted by Gasteiger charge is 2.47. The largest absolute Gasteiger partial charge is 0.463 e. The van der Waals surface area contributed by atoms with Gasteiger partial charge in [0.2, 0.25) is 0 Å². The monoisotopic (exact) mass is 704 g/mol. The van der Waals surface area contributed by atoms with Crippen molar-refractivity contribution in [2.24, 2.45) is 17.3 Å². The summed E-state index contributed by atoms with van der Waals surface area (Å²) < 4.78 is 78.4. The molecule has 0 bridgehead atoms. The lowest BCUT2D eigenvalue weighted by atomic mass is 9.93. The van der Waals surface area contributed by atoms with E-state index in [1.54, 1.807) is 18.2 Å². The van der Waals surface area contributed by atoms with Gasteiger partial charge in [0.05, 0.1) is 29.2 Å². The SMILES string of the molecule is C#Cc1c(F)ccc2cccc(-c3nc4c5c(nc(OCC6(CN7CCC(C(F)(F)F)CC7)CC6)nc5c3F)N3C[C@@H](CC)NC[C@@H]3[C@@H](C)C4)c12. The van der Waals surface area contributed by atoms with E-state index in [2.05, 4.69) is 34.9 Å². The Morgan fingerprint density at radius 1 is 1.06 bits per heavy atom. The second-order valence-electron chi connectivity index (χ2n) is 15.0. The Morgan fingerprint density at radius 3 is 2.55 bits per heavy atom. The van der Waals surface area contributed by atoms with Crippen LogP contribution in [0, 0.1) is 41.2 Å². The minimum absolute atomic E-state index is 0.0401. The van der Waals surface area contributed by atoms with Crippen LogP contribution in [-0.2, 0) is 6.42 Å². The Labute approximate surface area is 294 Å². The maximum absolute atomic E-state index is 17.2. The number of nitrogens with zero attached hydrogens (tertiary/aromatic N) is 5. The molecule has 3 aliphatic heterocycles. The first-order valence-corrected chi connectivity index (χ1v) is 18.0. The van der Waals surface area contributed by atoms with Crippen molar-refractivity contribution in [2.75, 3.05) is 44.2 Å². The van der Waals surface area contributed by atoms with E-state index in [1.807, 2.05) is 6.07 Å². The fraction of sp³-hybridized carbons (Fsp3) is 0.513. The van der Waals surface area contributed by atoms with Gasteiger partial charge in [0.25, 0.3) is 0 Å². The van der Waals surface area contributed by atoms with E-state index >= 15 is 8.78 Å². The number of ether oxygens (including phenoxy) is 1. The number of hydrogen-bond donors (Lipinski definition) is 1. The molecule has 8 rings (SSSR count). The summed E-state index contributed by atoms with van der Waals surface area (Å²) >= 11 is 0. The molecule has 1 saturated carbocycles. The van der Waals surface area contributed by atoms with Crippen LogP contribution in [0.5, 0.6) is 6.01 Å². The number of benzene rings is 2. The van der Waals surface area contributed by atoms with Gasteiger partial charge in [0, 0.05) is 48.1 Å². The summed E-state index contributed by atoms with van der Waals surface area (Å²) in [7, 11) is 0. The van der Waals surface area contributed by atoms with Crippen LogP contribution in [0.25, 0.3) is 32.9 Å². The summed E-state index contributed by atoms with van der Waals surface area (Å²) in [6.07, 6.45) is 5.04. The molecular weight excluding hydrogens is 663 g/mol. The van der Waals surface area contributed by atoms with Crippen molar-refractivity contribution in [1.82, 2.24) is 25.2 Å². The van der Waals surface area contributed by atoms with Crippen LogP contribution in [0.1, 0.15) is 57.2 Å². The number of aromatic nitrogens is 3. The zero-order valence-corrected chi connectivity index (χ0v) is 28.8. The molecule has 3 atom stereocenters. The van der Waals surface area contributed by atoms with Crippen molar-refractivity contribution in [2.45, 2.75) is 70.6 Å². The highest BCUT2D eigenvalue weighted by molar-refractivity contribution is 6.02. The maximum Gasteiger partial charge on any atom is 0.391 e. The van der Waals surface area contributed by atoms with Crippen LogP contribution in [0.4, 0.5) is 27.8 Å². The molecule has 268 valence electrons. The number of rotatable bonds is 7. The minimum atomic E-state index is -4.16. The third-order valence-electron chi connectivity index (χ3n) is 11.7. The van der Waals surface area contributed by atoms with Crippen molar-refractivity contribution >= 4 is 27.5 Å². The molecule has 7 nitrogen and oxygen atoms in total. The Morgan fingerprint density at radius 2 is 1.84 bits per heavy atom. The number of alkyl halides is 3. The maximum atomic E-state index is 17.2. The first-order valence-electron chi connectivity index (χ1n) is 18.0. The van der Waals surface area contributed by atoms with Gasteiger partial charge in [0.15, 0.2) is 5.82 Å². The number of piperidine rings is 1. The molecule has 1 N–H and O–H groups in total. The van der Waals surface area contributed by atoms with Crippen LogP contribution in [0.15, 0.2) is 30.3 Å². The molecule has 0 amide bonds. The van der Waals surface area contributed by atoms with Crippen molar-refractivity contribution < 1.29 is 26.7 Å². The molecule has 4 aromatic rings. The van der Waals surface area contributed by atoms with E-state index in [0.29, 0.717) is 65.8 Å². The highest BCUT2D eigenvalue weighted by atomic mass is 19.4. The molecule has 12 heteroatoms. The lowest BCUT2D eigenvalue weighted by Crippen LogP contribution is -2.58. The molecule has 1 aliphatic carbocycles. The third-order valence-corrected chi connectivity index (χ3v) is 11.7. The van der Waals surface area contributed by atoms with Gasteiger partial charge in [-0.2, -0.15) is 23.1 Å². The van der Waals surface area contributed by atoms with Crippen LogP contribution in [-0.4, -0.2) is 77.4 Å². The number of likely N-dealkylation sites (tertiary alicyclic amines) is 1. The highest BCUT2D eigenvalue weighted by Crippen LogP contribution is 2.48. The lowest BCUT2D eigenvalue weighted by Gasteiger charge is -2.42. The van der Waals surface area contributed by atoms with Gasteiger partial charge < -0.3 is 19.9 Å². The molecule has 0 spiro atoms. The van der Waals surface area contributed by atoms with Gasteiger partial charge in [-0.1, -0.05) is 44.0 Å². The Kier molecular flexibility index (Phi) is 8.57. The fourth-order valence-corrected chi connectivity index (χ4v) is 8.43. The quantitative estimate of drug-likeness (QED) is 0.160. The molecule has 51 heavy (non-hydrogen) atoms. The van der Waals surface area contributed by atoms with Gasteiger partial charge >= 0.3 is 12.2 Å². The number of fused-ring (bicyclic) bond motifs is 3. The summed E-state index contributed by atoms with van der Waals surface area (Å²) in [5, 5.41) is 5.28. The normalized spacial score (nSPS) is 23.6. The topological polar surface area (TPSA) is 66.4 Å². The molecule has 2 aromatic carbocycles. The van der Waals surface area contributed by atoms with E-state index in [4.69, 9.17) is 26.1 Å². The first-order chi connectivity index (χ1) is 24.5. The zero-order valence-electron chi connectivity index (χ0n) is 28.8. The second-order valence-corrected chi connectivity index (χ2v) is 15.0. The van der Waals surface area contributed by atoms with Crippen LogP contribution in [0.2, 0.25) is 0 Å². The van der Waals surface area contributed by atoms with Crippen molar-refractivity contribution in [3.63, 3.8) is 0 Å². The van der Waals surface area contributed by atoms with E-state index in [9.17, 15) is 13.2 Å². The van der Waals surface area contributed by atoms with E-state index in [1.165, 1.54) is 6.07 Å². The Balaban J connectivity index is 1.20. The van der Waals surface area contributed by atoms with E-state index in [0.717, 1.165) is 25.8 Å². The summed E-state index contributed by atoms with van der Waals surface area (Å²) in [6.45, 7) is 7.39.